The summed E-state index contributed by atoms with van der Waals surface area (Å²) in [6.07, 6.45) is 12.6. The second kappa shape index (κ2) is 11.4. The second-order valence-corrected chi connectivity index (χ2v) is 10.5. The van der Waals surface area contributed by atoms with Crippen molar-refractivity contribution in [3.05, 3.63) is 103 Å². The number of carbonyl (C=O) groups excluding carboxylic acids is 1. The molecule has 3 N–H and O–H groups in total. The Labute approximate surface area is 238 Å². The minimum absolute atomic E-state index is 0.0549. The van der Waals surface area contributed by atoms with E-state index in [0.717, 1.165) is 75.7 Å². The Kier molecular flexibility index (Phi) is 7.33. The van der Waals surface area contributed by atoms with Crippen molar-refractivity contribution in [2.24, 2.45) is 5.92 Å². The molecule has 41 heavy (non-hydrogen) atoms. The predicted molar refractivity (Wildman–Crippen MR) is 163 cm³/mol. The summed E-state index contributed by atoms with van der Waals surface area (Å²) in [6.45, 7) is 5.86. The monoisotopic (exact) mass is 545 g/mol. The highest BCUT2D eigenvalue weighted by Crippen LogP contribution is 2.35. The molecule has 5 aromatic rings. The first-order valence-corrected chi connectivity index (χ1v) is 14.1. The molecular formula is C34H32FN5O. The van der Waals surface area contributed by atoms with Crippen LogP contribution in [0.5, 0.6) is 0 Å². The number of nitrogens with one attached hydrogen (secondary N) is 3. The molecule has 0 atom stereocenters. The summed E-state index contributed by atoms with van der Waals surface area (Å²) in [5.74, 6) is -0.149. The highest BCUT2D eigenvalue weighted by Gasteiger charge is 2.21. The lowest BCUT2D eigenvalue weighted by Gasteiger charge is -2.21. The van der Waals surface area contributed by atoms with E-state index in [-0.39, 0.29) is 17.6 Å². The van der Waals surface area contributed by atoms with Gasteiger partial charge in [-0.25, -0.2) is 4.39 Å². The van der Waals surface area contributed by atoms with Crippen LogP contribution in [0.25, 0.3) is 49.9 Å². The summed E-state index contributed by atoms with van der Waals surface area (Å²) in [5, 5.41) is 12.6. The van der Waals surface area contributed by atoms with Gasteiger partial charge in [0.25, 0.3) is 0 Å². The van der Waals surface area contributed by atoms with E-state index >= 15 is 0 Å². The number of nitrogens with zero attached hydrogens (tertiary/aromatic N) is 2. The SMILES string of the molecule is C=C/C(=C\C(=C/C)c1cc2c(-c3cc4c(-c5ccccc5F)cccc4[nH]3)n[nH]c2cn1)NC(=O)C1CCCCC1. The molecule has 1 saturated carbocycles. The number of H-pyrrole nitrogens is 2. The maximum absolute atomic E-state index is 14.7. The maximum Gasteiger partial charge on any atom is 0.227 e. The molecule has 1 aliphatic carbocycles. The Morgan fingerprint density at radius 2 is 1.83 bits per heavy atom. The molecule has 0 unspecified atom stereocenters. The number of hydrogen-bond acceptors (Lipinski definition) is 3. The number of hydrogen-bond donors (Lipinski definition) is 3. The summed E-state index contributed by atoms with van der Waals surface area (Å²) >= 11 is 0. The molecule has 0 saturated heterocycles. The number of aromatic nitrogens is 4. The molecule has 1 amide bonds. The van der Waals surface area contributed by atoms with Crippen LogP contribution in [0.1, 0.15) is 44.7 Å². The van der Waals surface area contributed by atoms with Crippen LogP contribution in [0.15, 0.2) is 91.3 Å². The second-order valence-electron chi connectivity index (χ2n) is 10.5. The summed E-state index contributed by atoms with van der Waals surface area (Å²) in [4.78, 5) is 21.0. The molecule has 0 radical (unpaired) electrons. The number of fused-ring (bicyclic) bond motifs is 2. The summed E-state index contributed by atoms with van der Waals surface area (Å²) < 4.78 is 14.7. The number of amides is 1. The molecule has 3 aromatic heterocycles. The van der Waals surface area contributed by atoms with Crippen LogP contribution >= 0.6 is 0 Å². The Morgan fingerprint density at radius 1 is 1.02 bits per heavy atom. The van der Waals surface area contributed by atoms with Gasteiger partial charge in [-0.2, -0.15) is 5.10 Å². The normalized spacial score (nSPS) is 15.0. The van der Waals surface area contributed by atoms with Crippen LogP contribution in [-0.2, 0) is 4.79 Å². The molecule has 7 heteroatoms. The number of halogens is 1. The number of allylic oxidation sites excluding steroid dienone is 4. The van der Waals surface area contributed by atoms with Crippen molar-refractivity contribution in [1.29, 1.82) is 0 Å². The van der Waals surface area contributed by atoms with Crippen molar-refractivity contribution in [2.75, 3.05) is 0 Å². The van der Waals surface area contributed by atoms with Gasteiger partial charge in [-0.1, -0.05) is 62.2 Å². The maximum atomic E-state index is 14.7. The largest absolute Gasteiger partial charge is 0.353 e. The third-order valence-electron chi connectivity index (χ3n) is 7.91. The molecular weight excluding hydrogens is 513 g/mol. The van der Waals surface area contributed by atoms with Gasteiger partial charge in [0.2, 0.25) is 5.91 Å². The standard InChI is InChI=1S/C34H32FN5O/c1-3-21(17-23(4-2)37-34(41)22-11-6-5-7-12-22)30-19-27-32(20-36-30)39-40-33(27)31-18-26-24(14-10-16-29(26)38-31)25-13-8-9-15-28(25)35/h3-4,8-10,13-20,22,38H,2,5-7,11-12H2,1H3,(H,37,41)(H,39,40)/b21-3+,23-17+. The van der Waals surface area contributed by atoms with Gasteiger partial charge >= 0.3 is 0 Å². The van der Waals surface area contributed by atoms with Gasteiger partial charge in [0, 0.05) is 33.5 Å². The number of benzene rings is 2. The first kappa shape index (κ1) is 26.4. The summed E-state index contributed by atoms with van der Waals surface area (Å²) in [5.41, 5.74) is 6.88. The molecule has 1 aliphatic rings. The number of rotatable bonds is 7. The molecule has 0 spiro atoms. The van der Waals surface area contributed by atoms with Gasteiger partial charge in [0.05, 0.1) is 23.1 Å². The van der Waals surface area contributed by atoms with Crippen LogP contribution in [0.3, 0.4) is 0 Å². The smallest absolute Gasteiger partial charge is 0.227 e. The highest BCUT2D eigenvalue weighted by molar-refractivity contribution is 6.01. The van der Waals surface area contributed by atoms with Crippen LogP contribution in [0.4, 0.5) is 4.39 Å². The average Bonchev–Trinajstić information content (AvgIpc) is 3.63. The molecule has 0 bridgehead atoms. The Hall–Kier alpha value is -4.78. The third-order valence-corrected chi connectivity index (χ3v) is 7.91. The van der Waals surface area contributed by atoms with Gasteiger partial charge < -0.3 is 10.3 Å². The zero-order valence-corrected chi connectivity index (χ0v) is 23.0. The zero-order valence-electron chi connectivity index (χ0n) is 23.0. The van der Waals surface area contributed by atoms with E-state index in [4.69, 9.17) is 0 Å². The van der Waals surface area contributed by atoms with Gasteiger partial charge in [-0.3, -0.25) is 14.9 Å². The molecule has 6 rings (SSSR count). The van der Waals surface area contributed by atoms with Crippen molar-refractivity contribution in [3.63, 3.8) is 0 Å². The van der Waals surface area contributed by atoms with E-state index in [0.29, 0.717) is 11.3 Å². The van der Waals surface area contributed by atoms with E-state index in [1.807, 2.05) is 55.5 Å². The minimum Gasteiger partial charge on any atom is -0.353 e. The van der Waals surface area contributed by atoms with E-state index < -0.39 is 0 Å². The molecule has 6 nitrogen and oxygen atoms in total. The number of carbonyl (C=O) groups is 1. The predicted octanol–water partition coefficient (Wildman–Crippen LogP) is 8.08. The van der Waals surface area contributed by atoms with E-state index in [1.165, 1.54) is 12.5 Å². The van der Waals surface area contributed by atoms with Crippen LogP contribution in [0, 0.1) is 11.7 Å². The molecule has 2 aromatic carbocycles. The van der Waals surface area contributed by atoms with Crippen molar-refractivity contribution >= 4 is 33.3 Å². The minimum atomic E-state index is -0.260. The van der Waals surface area contributed by atoms with E-state index in [2.05, 4.69) is 32.1 Å². The van der Waals surface area contributed by atoms with E-state index in [1.54, 1.807) is 24.4 Å². The molecule has 1 fully saturated rings. The van der Waals surface area contributed by atoms with Crippen LogP contribution in [0.2, 0.25) is 0 Å². The first-order valence-electron chi connectivity index (χ1n) is 14.1. The Balaban J connectivity index is 1.34. The van der Waals surface area contributed by atoms with Crippen molar-refractivity contribution < 1.29 is 9.18 Å². The van der Waals surface area contributed by atoms with Crippen LogP contribution in [-0.4, -0.2) is 26.1 Å². The van der Waals surface area contributed by atoms with Gasteiger partial charge in [0.1, 0.15) is 11.5 Å². The lowest BCUT2D eigenvalue weighted by atomic mass is 9.88. The van der Waals surface area contributed by atoms with Gasteiger partial charge in [-0.05, 0) is 67.3 Å². The van der Waals surface area contributed by atoms with Gasteiger partial charge in [-0.15, -0.1) is 0 Å². The van der Waals surface area contributed by atoms with E-state index in [9.17, 15) is 9.18 Å². The topological polar surface area (TPSA) is 86.5 Å². The fourth-order valence-corrected chi connectivity index (χ4v) is 5.71. The third kappa shape index (κ3) is 5.23. The van der Waals surface area contributed by atoms with Crippen molar-refractivity contribution in [1.82, 2.24) is 25.5 Å². The van der Waals surface area contributed by atoms with Crippen molar-refractivity contribution in [2.45, 2.75) is 39.0 Å². The summed E-state index contributed by atoms with van der Waals surface area (Å²) in [7, 11) is 0. The molecule has 3 heterocycles. The number of aromatic amines is 2. The summed E-state index contributed by atoms with van der Waals surface area (Å²) in [6, 6.07) is 16.6. The lowest BCUT2D eigenvalue weighted by Crippen LogP contribution is -2.30. The molecule has 0 aliphatic heterocycles. The molecule has 206 valence electrons. The lowest BCUT2D eigenvalue weighted by molar-refractivity contribution is -0.125. The quantitative estimate of drug-likeness (QED) is 0.181. The highest BCUT2D eigenvalue weighted by atomic mass is 19.1. The Morgan fingerprint density at radius 3 is 2.61 bits per heavy atom. The first-order chi connectivity index (χ1) is 20.1. The fourth-order valence-electron chi connectivity index (χ4n) is 5.71. The van der Waals surface area contributed by atoms with Crippen molar-refractivity contribution in [3.8, 4) is 22.5 Å². The zero-order chi connectivity index (χ0) is 28.3. The average molecular weight is 546 g/mol. The Bertz CT molecular complexity index is 1820. The van der Waals surface area contributed by atoms with Gasteiger partial charge in [0.15, 0.2) is 0 Å². The fraction of sp³-hybridized carbons (Fsp3) is 0.206. The van der Waals surface area contributed by atoms with Crippen LogP contribution < -0.4 is 5.32 Å². The number of pyridine rings is 1.